The molecule has 0 radical (unpaired) electrons. The Kier molecular flexibility index (Phi) is 5.40. The quantitative estimate of drug-likeness (QED) is 0.232. The molecule has 5 rings (SSSR count). The summed E-state index contributed by atoms with van der Waals surface area (Å²) in [5.74, 6) is -0.492. The lowest BCUT2D eigenvalue weighted by atomic mass is 9.85. The Morgan fingerprint density at radius 2 is 1.64 bits per heavy atom. The van der Waals surface area contributed by atoms with E-state index in [0.717, 1.165) is 27.7 Å². The van der Waals surface area contributed by atoms with Crippen LogP contribution in [0.4, 0.5) is 5.69 Å². The largest absolute Gasteiger partial charge is 0.340 e. The minimum Gasteiger partial charge on any atom is -0.340 e. The van der Waals surface area contributed by atoms with Crippen LogP contribution in [-0.4, -0.2) is 28.8 Å². The molecule has 0 amide bonds. The van der Waals surface area contributed by atoms with Gasteiger partial charge in [0.15, 0.2) is 5.78 Å². The molecule has 6 nitrogen and oxygen atoms in total. The summed E-state index contributed by atoms with van der Waals surface area (Å²) < 4.78 is 0. The van der Waals surface area contributed by atoms with Crippen molar-refractivity contribution >= 4 is 27.9 Å². The molecule has 1 aromatic heterocycles. The number of hydrogen-bond donors (Lipinski definition) is 0. The molecule has 162 valence electrons. The summed E-state index contributed by atoms with van der Waals surface area (Å²) in [6.07, 6.45) is 1.86. The van der Waals surface area contributed by atoms with Crippen molar-refractivity contribution in [3.63, 3.8) is 0 Å². The van der Waals surface area contributed by atoms with E-state index in [0.29, 0.717) is 11.3 Å². The smallest absolute Gasteiger partial charge is 0.214 e. The average molecular weight is 435 g/mol. The van der Waals surface area contributed by atoms with Crippen molar-refractivity contribution in [3.8, 4) is 0 Å². The monoisotopic (exact) mass is 435 g/mol. The van der Waals surface area contributed by atoms with E-state index in [1.54, 1.807) is 12.1 Å². The Bertz CT molecular complexity index is 1380. The molecule has 1 aliphatic heterocycles. The van der Waals surface area contributed by atoms with Gasteiger partial charge in [-0.2, -0.15) is 0 Å². The number of benzene rings is 3. The number of hydrogen-bond acceptors (Lipinski definition) is 5. The molecule has 1 unspecified atom stereocenters. The lowest BCUT2D eigenvalue weighted by molar-refractivity contribution is -0.481. The zero-order valence-corrected chi connectivity index (χ0v) is 17.8. The minimum atomic E-state index is -0.465. The molecule has 4 aromatic rings. The number of pyridine rings is 1. The zero-order chi connectivity index (χ0) is 22.8. The van der Waals surface area contributed by atoms with Gasteiger partial charge in [0.2, 0.25) is 6.54 Å². The second-order valence-corrected chi connectivity index (χ2v) is 8.02. The SMILES string of the molecule is O=C(CN1C=C(c2ccc3ccccc3n2)C(C[N+](=O)[O-])c2ccccc21)c1ccccc1. The molecule has 0 N–H and O–H groups in total. The predicted octanol–water partition coefficient (Wildman–Crippen LogP) is 5.34. The van der Waals surface area contributed by atoms with Crippen molar-refractivity contribution in [2.24, 2.45) is 0 Å². The molecule has 2 heterocycles. The summed E-state index contributed by atoms with van der Waals surface area (Å²) in [5, 5.41) is 12.6. The number of aromatic nitrogens is 1. The third kappa shape index (κ3) is 4.11. The molecule has 0 fully saturated rings. The van der Waals surface area contributed by atoms with E-state index in [2.05, 4.69) is 0 Å². The van der Waals surface area contributed by atoms with Gasteiger partial charge in [-0.25, -0.2) is 4.98 Å². The second kappa shape index (κ2) is 8.67. The van der Waals surface area contributed by atoms with Gasteiger partial charge in [0.1, 0.15) is 0 Å². The van der Waals surface area contributed by atoms with Crippen molar-refractivity contribution in [2.45, 2.75) is 5.92 Å². The molecule has 6 heteroatoms. The van der Waals surface area contributed by atoms with Crippen molar-refractivity contribution in [1.29, 1.82) is 0 Å². The van der Waals surface area contributed by atoms with Crippen molar-refractivity contribution in [3.05, 3.63) is 124 Å². The summed E-state index contributed by atoms with van der Waals surface area (Å²) in [7, 11) is 0. The molecular weight excluding hydrogens is 414 g/mol. The van der Waals surface area contributed by atoms with Crippen molar-refractivity contribution < 1.29 is 9.72 Å². The van der Waals surface area contributed by atoms with Gasteiger partial charge >= 0.3 is 0 Å². The van der Waals surface area contributed by atoms with Crippen molar-refractivity contribution in [1.82, 2.24) is 4.98 Å². The molecule has 0 saturated carbocycles. The highest BCUT2D eigenvalue weighted by atomic mass is 16.6. The van der Waals surface area contributed by atoms with Gasteiger partial charge in [-0.1, -0.05) is 72.8 Å². The van der Waals surface area contributed by atoms with E-state index in [-0.39, 0.29) is 23.8 Å². The molecule has 33 heavy (non-hydrogen) atoms. The van der Waals surface area contributed by atoms with E-state index in [4.69, 9.17) is 4.98 Å². The first kappa shape index (κ1) is 20.6. The lowest BCUT2D eigenvalue weighted by Crippen LogP contribution is -2.31. The van der Waals surface area contributed by atoms with Crippen molar-refractivity contribution in [2.75, 3.05) is 18.0 Å². The van der Waals surface area contributed by atoms with E-state index >= 15 is 0 Å². The first-order chi connectivity index (χ1) is 16.1. The summed E-state index contributed by atoms with van der Waals surface area (Å²) in [4.78, 5) is 31.0. The number of nitrogens with zero attached hydrogens (tertiary/aromatic N) is 3. The Morgan fingerprint density at radius 3 is 2.45 bits per heavy atom. The van der Waals surface area contributed by atoms with E-state index in [1.165, 1.54) is 0 Å². The van der Waals surface area contributed by atoms with Crippen LogP contribution in [0.25, 0.3) is 16.5 Å². The van der Waals surface area contributed by atoms with Crippen LogP contribution >= 0.6 is 0 Å². The molecule has 1 atom stereocenters. The number of Topliss-reactive ketones (excluding diaryl/α,β-unsaturated/α-hetero) is 1. The summed E-state index contributed by atoms with van der Waals surface area (Å²) in [5.41, 5.74) is 4.48. The van der Waals surface area contributed by atoms with E-state index in [9.17, 15) is 14.9 Å². The van der Waals surface area contributed by atoms with E-state index in [1.807, 2.05) is 90.0 Å². The molecule has 0 spiro atoms. The minimum absolute atomic E-state index is 0.0276. The van der Waals surface area contributed by atoms with Crippen LogP contribution in [-0.2, 0) is 0 Å². The maximum Gasteiger partial charge on any atom is 0.214 e. The van der Waals surface area contributed by atoms with Crippen LogP contribution in [0, 0.1) is 10.1 Å². The van der Waals surface area contributed by atoms with Crippen LogP contribution in [0.5, 0.6) is 0 Å². The fourth-order valence-corrected chi connectivity index (χ4v) is 4.36. The predicted molar refractivity (Wildman–Crippen MR) is 129 cm³/mol. The highest BCUT2D eigenvalue weighted by molar-refractivity contribution is 6.00. The summed E-state index contributed by atoms with van der Waals surface area (Å²) in [6, 6.07) is 28.4. The van der Waals surface area contributed by atoms with Gasteiger partial charge in [-0.3, -0.25) is 14.9 Å². The standard InChI is InChI=1S/C27H21N3O3/c31-27(20-9-2-1-3-10-20)18-29-16-23(25-15-14-19-8-4-6-12-24(19)28-25)22(17-30(32)33)21-11-5-7-13-26(21)29/h1-16,22H,17-18H2. The lowest BCUT2D eigenvalue weighted by Gasteiger charge is -2.32. The number of para-hydroxylation sites is 2. The first-order valence-electron chi connectivity index (χ1n) is 10.7. The van der Waals surface area contributed by atoms with Crippen LogP contribution in [0.2, 0.25) is 0 Å². The Hall–Kier alpha value is -4.32. The Labute approximate surface area is 191 Å². The highest BCUT2D eigenvalue weighted by Gasteiger charge is 2.33. The topological polar surface area (TPSA) is 76.3 Å². The molecule has 1 aliphatic rings. The Morgan fingerprint density at radius 1 is 0.909 bits per heavy atom. The Balaban J connectivity index is 1.62. The number of ketones is 1. The van der Waals surface area contributed by atoms with Gasteiger partial charge in [0.25, 0.3) is 0 Å². The van der Waals surface area contributed by atoms with Gasteiger partial charge < -0.3 is 4.90 Å². The number of carbonyl (C=O) groups is 1. The van der Waals surface area contributed by atoms with Gasteiger partial charge in [0.05, 0.1) is 23.7 Å². The fourth-order valence-electron chi connectivity index (χ4n) is 4.36. The third-order valence-electron chi connectivity index (χ3n) is 5.93. The zero-order valence-electron chi connectivity index (χ0n) is 17.8. The molecule has 3 aromatic carbocycles. The highest BCUT2D eigenvalue weighted by Crippen LogP contribution is 2.42. The van der Waals surface area contributed by atoms with Gasteiger partial charge in [0, 0.05) is 33.3 Å². The van der Waals surface area contributed by atoms with E-state index < -0.39 is 5.92 Å². The normalized spacial score (nSPS) is 15.1. The number of nitro groups is 1. The second-order valence-electron chi connectivity index (χ2n) is 8.02. The maximum absolute atomic E-state index is 13.0. The third-order valence-corrected chi connectivity index (χ3v) is 5.93. The number of fused-ring (bicyclic) bond motifs is 2. The molecule has 0 aliphatic carbocycles. The first-order valence-corrected chi connectivity index (χ1v) is 10.7. The molecular formula is C27H21N3O3. The van der Waals surface area contributed by atoms with Crippen LogP contribution < -0.4 is 4.90 Å². The number of carbonyl (C=O) groups excluding carboxylic acids is 1. The molecule has 0 saturated heterocycles. The summed E-state index contributed by atoms with van der Waals surface area (Å²) in [6.45, 7) is -0.124. The van der Waals surface area contributed by atoms with Gasteiger partial charge in [-0.15, -0.1) is 0 Å². The maximum atomic E-state index is 13.0. The van der Waals surface area contributed by atoms with Crippen LogP contribution in [0.3, 0.4) is 0 Å². The van der Waals surface area contributed by atoms with Gasteiger partial charge in [-0.05, 0) is 23.8 Å². The van der Waals surface area contributed by atoms with Crippen LogP contribution in [0.1, 0.15) is 27.5 Å². The number of anilines is 1. The van der Waals surface area contributed by atoms with Crippen LogP contribution in [0.15, 0.2) is 97.2 Å². The fraction of sp³-hybridized carbons (Fsp3) is 0.111. The average Bonchev–Trinajstić information content (AvgIpc) is 2.85. The summed E-state index contributed by atoms with van der Waals surface area (Å²) >= 11 is 0. The number of rotatable bonds is 6. The molecule has 0 bridgehead atoms.